The van der Waals surface area contributed by atoms with Crippen molar-refractivity contribution in [2.24, 2.45) is 20.5 Å². The third kappa shape index (κ3) is 6.85. The molecule has 0 aromatic heterocycles. The van der Waals surface area contributed by atoms with Crippen LogP contribution >= 0.6 is 0 Å². The maximum absolute atomic E-state index is 10.9. The van der Waals surface area contributed by atoms with Crippen LogP contribution in [-0.2, 0) is 0 Å². The van der Waals surface area contributed by atoms with Gasteiger partial charge in [0, 0.05) is 41.7 Å². The number of anilines is 1. The van der Waals surface area contributed by atoms with Gasteiger partial charge >= 0.3 is 0 Å². The van der Waals surface area contributed by atoms with Gasteiger partial charge in [-0.25, -0.2) is 0 Å². The summed E-state index contributed by atoms with van der Waals surface area (Å²) in [5.41, 5.74) is 4.00. The summed E-state index contributed by atoms with van der Waals surface area (Å²) in [6.45, 7) is 6.58. The number of azo groups is 2. The third-order valence-corrected chi connectivity index (χ3v) is 6.26. The second kappa shape index (κ2) is 13.2. The number of rotatable bonds is 12. The van der Waals surface area contributed by atoms with E-state index < -0.39 is 4.92 Å². The summed E-state index contributed by atoms with van der Waals surface area (Å²) in [5, 5.41) is 30.3. The smallest absolute Gasteiger partial charge is 0.269 e. The second-order valence-corrected chi connectivity index (χ2v) is 9.03. The molecule has 38 heavy (non-hydrogen) atoms. The summed E-state index contributed by atoms with van der Waals surface area (Å²) in [7, 11) is 0. The summed E-state index contributed by atoms with van der Waals surface area (Å²) in [5.74, 6) is 0. The zero-order valence-electron chi connectivity index (χ0n) is 21.8. The van der Waals surface area contributed by atoms with Gasteiger partial charge in [0.2, 0.25) is 0 Å². The molecular weight excluding hydrogens is 476 g/mol. The number of nitrogens with zero attached hydrogens (tertiary/aromatic N) is 6. The lowest BCUT2D eigenvalue weighted by Gasteiger charge is -2.24. The molecule has 0 N–H and O–H groups in total. The van der Waals surface area contributed by atoms with Crippen LogP contribution in [-0.4, -0.2) is 18.0 Å². The van der Waals surface area contributed by atoms with Crippen LogP contribution in [0.4, 0.5) is 34.1 Å². The molecule has 0 bridgehead atoms. The summed E-state index contributed by atoms with van der Waals surface area (Å²) in [4.78, 5) is 12.9. The van der Waals surface area contributed by atoms with E-state index in [1.54, 1.807) is 12.1 Å². The molecule has 0 unspecified atom stereocenters. The molecule has 4 aromatic carbocycles. The lowest BCUT2D eigenvalue weighted by molar-refractivity contribution is -0.384. The lowest BCUT2D eigenvalue weighted by Crippen LogP contribution is -2.25. The molecule has 8 nitrogen and oxygen atoms in total. The van der Waals surface area contributed by atoms with Crippen molar-refractivity contribution in [2.45, 2.75) is 39.5 Å². The maximum Gasteiger partial charge on any atom is 0.269 e. The molecule has 0 aliphatic heterocycles. The van der Waals surface area contributed by atoms with E-state index >= 15 is 0 Å². The molecule has 0 atom stereocenters. The summed E-state index contributed by atoms with van der Waals surface area (Å²) in [6.07, 6.45) is 4.73. The molecule has 8 heteroatoms. The standard InChI is InChI=1S/C30H32N6O2/c1-3-5-21-35(22-6-4-2)25-15-11-23(12-16-25)31-33-29-19-20-30(28-10-8-7-9-27(28)29)34-32-24-13-17-26(18-14-24)36(37)38/h7-20H,3-6,21-22H2,1-2H3. The first kappa shape index (κ1) is 26.6. The van der Waals surface area contributed by atoms with E-state index in [1.165, 1.54) is 43.5 Å². The van der Waals surface area contributed by atoms with E-state index in [0.717, 1.165) is 35.2 Å². The van der Waals surface area contributed by atoms with Crippen LogP contribution in [0, 0.1) is 10.1 Å². The van der Waals surface area contributed by atoms with Crippen LogP contribution in [0.5, 0.6) is 0 Å². The lowest BCUT2D eigenvalue weighted by atomic mass is 10.1. The average Bonchev–Trinajstić information content (AvgIpc) is 2.96. The number of hydrogen-bond acceptors (Lipinski definition) is 7. The molecule has 0 saturated carbocycles. The Morgan fingerprint density at radius 2 is 1.13 bits per heavy atom. The Morgan fingerprint density at radius 1 is 0.658 bits per heavy atom. The first-order valence-electron chi connectivity index (χ1n) is 13.0. The van der Waals surface area contributed by atoms with Gasteiger partial charge in [0.1, 0.15) is 0 Å². The molecule has 0 heterocycles. The monoisotopic (exact) mass is 508 g/mol. The fourth-order valence-corrected chi connectivity index (χ4v) is 4.10. The topological polar surface area (TPSA) is 95.8 Å². The molecule has 0 spiro atoms. The van der Waals surface area contributed by atoms with Crippen LogP contribution in [0.3, 0.4) is 0 Å². The average molecular weight is 509 g/mol. The molecule has 0 aliphatic carbocycles. The Balaban J connectivity index is 1.53. The van der Waals surface area contributed by atoms with Gasteiger partial charge in [-0.1, -0.05) is 51.0 Å². The quantitative estimate of drug-likeness (QED) is 0.108. The van der Waals surface area contributed by atoms with Gasteiger partial charge in [0.05, 0.1) is 27.7 Å². The molecule has 0 radical (unpaired) electrons. The molecule has 194 valence electrons. The Hall–Kier alpha value is -4.46. The van der Waals surface area contributed by atoms with Crippen molar-refractivity contribution in [2.75, 3.05) is 18.0 Å². The van der Waals surface area contributed by atoms with Crippen molar-refractivity contribution in [3.63, 3.8) is 0 Å². The minimum Gasteiger partial charge on any atom is -0.372 e. The highest BCUT2D eigenvalue weighted by Crippen LogP contribution is 2.35. The van der Waals surface area contributed by atoms with Gasteiger partial charge in [-0.15, -0.1) is 10.2 Å². The van der Waals surface area contributed by atoms with Crippen LogP contribution < -0.4 is 4.90 Å². The Bertz CT molecular complexity index is 1410. The van der Waals surface area contributed by atoms with E-state index in [1.807, 2.05) is 48.5 Å². The van der Waals surface area contributed by atoms with E-state index in [0.29, 0.717) is 11.4 Å². The maximum atomic E-state index is 10.9. The number of hydrogen-bond donors (Lipinski definition) is 0. The summed E-state index contributed by atoms with van der Waals surface area (Å²) >= 11 is 0. The van der Waals surface area contributed by atoms with Gasteiger partial charge < -0.3 is 4.90 Å². The second-order valence-electron chi connectivity index (χ2n) is 9.03. The van der Waals surface area contributed by atoms with Gasteiger partial charge in [-0.2, -0.15) is 10.2 Å². The van der Waals surface area contributed by atoms with Gasteiger partial charge in [-0.05, 0) is 61.4 Å². The molecule has 0 aliphatic rings. The Kier molecular flexibility index (Phi) is 9.23. The third-order valence-electron chi connectivity index (χ3n) is 6.26. The largest absolute Gasteiger partial charge is 0.372 e. The van der Waals surface area contributed by atoms with Crippen molar-refractivity contribution in [3.8, 4) is 0 Å². The summed E-state index contributed by atoms with van der Waals surface area (Å²) < 4.78 is 0. The zero-order chi connectivity index (χ0) is 26.7. The number of unbranched alkanes of at least 4 members (excludes halogenated alkanes) is 2. The molecular formula is C30H32N6O2. The van der Waals surface area contributed by atoms with E-state index in [2.05, 4.69) is 51.3 Å². The van der Waals surface area contributed by atoms with Crippen molar-refractivity contribution in [3.05, 3.63) is 95.0 Å². The van der Waals surface area contributed by atoms with E-state index in [-0.39, 0.29) is 5.69 Å². The molecule has 0 saturated heterocycles. The number of benzene rings is 4. The zero-order valence-corrected chi connectivity index (χ0v) is 21.8. The highest BCUT2D eigenvalue weighted by atomic mass is 16.6. The van der Waals surface area contributed by atoms with Gasteiger partial charge in [-0.3, -0.25) is 10.1 Å². The summed E-state index contributed by atoms with van der Waals surface area (Å²) in [6, 6.07) is 25.8. The van der Waals surface area contributed by atoms with Crippen molar-refractivity contribution in [1.82, 2.24) is 0 Å². The normalized spacial score (nSPS) is 11.5. The number of nitro benzene ring substituents is 1. The highest BCUT2D eigenvalue weighted by Gasteiger charge is 2.08. The molecule has 4 aromatic rings. The minimum atomic E-state index is -0.439. The Morgan fingerprint density at radius 3 is 1.58 bits per heavy atom. The molecule has 0 amide bonds. The van der Waals surface area contributed by atoms with Crippen LogP contribution in [0.15, 0.2) is 105 Å². The van der Waals surface area contributed by atoms with Crippen molar-refractivity contribution >= 4 is 44.9 Å². The van der Waals surface area contributed by atoms with E-state index in [9.17, 15) is 10.1 Å². The molecule has 4 rings (SSSR count). The predicted molar refractivity (Wildman–Crippen MR) is 154 cm³/mol. The first-order chi connectivity index (χ1) is 18.6. The molecule has 0 fully saturated rings. The van der Waals surface area contributed by atoms with Crippen molar-refractivity contribution < 1.29 is 4.92 Å². The fourth-order valence-electron chi connectivity index (χ4n) is 4.10. The number of fused-ring (bicyclic) bond motifs is 1. The van der Waals surface area contributed by atoms with Crippen molar-refractivity contribution in [1.29, 1.82) is 0 Å². The predicted octanol–water partition coefficient (Wildman–Crippen LogP) is 9.99. The minimum absolute atomic E-state index is 0.0177. The SMILES string of the molecule is CCCCN(CCCC)c1ccc(N=Nc2ccc(N=Nc3ccc([N+](=O)[O-])cc3)c3ccccc23)cc1. The Labute approximate surface area is 222 Å². The van der Waals surface area contributed by atoms with Crippen LogP contribution in [0.1, 0.15) is 39.5 Å². The first-order valence-corrected chi connectivity index (χ1v) is 13.0. The number of nitro groups is 1. The van der Waals surface area contributed by atoms with E-state index in [4.69, 9.17) is 0 Å². The van der Waals surface area contributed by atoms with Crippen LogP contribution in [0.2, 0.25) is 0 Å². The van der Waals surface area contributed by atoms with Crippen LogP contribution in [0.25, 0.3) is 10.8 Å². The fraction of sp³-hybridized carbons (Fsp3) is 0.267. The number of non-ortho nitro benzene ring substituents is 1. The van der Waals surface area contributed by atoms with Gasteiger partial charge in [0.25, 0.3) is 5.69 Å². The highest BCUT2D eigenvalue weighted by molar-refractivity contribution is 5.99. The van der Waals surface area contributed by atoms with Gasteiger partial charge in [0.15, 0.2) is 0 Å².